The number of hydrogen-bond acceptors (Lipinski definition) is 4. The van der Waals surface area contributed by atoms with Crippen molar-refractivity contribution in [1.29, 1.82) is 0 Å². The van der Waals surface area contributed by atoms with Crippen LogP contribution in [0.3, 0.4) is 0 Å². The molecule has 25 heavy (non-hydrogen) atoms. The summed E-state index contributed by atoms with van der Waals surface area (Å²) in [6, 6.07) is 0.125. The maximum Gasteiger partial charge on any atom is 0.223 e. The topological polar surface area (TPSA) is 64.2 Å². The third-order valence-electron chi connectivity index (χ3n) is 5.05. The molecule has 0 radical (unpaired) electrons. The van der Waals surface area contributed by atoms with Crippen LogP contribution in [0.4, 0.5) is 0 Å². The fourth-order valence-electron chi connectivity index (χ4n) is 3.42. The molecular weight excluding hydrogens is 316 g/mol. The highest BCUT2D eigenvalue weighted by Gasteiger charge is 2.29. The fraction of sp³-hybridized carbons (Fsp3) is 0.632. The van der Waals surface area contributed by atoms with Gasteiger partial charge in [-0.15, -0.1) is 0 Å². The average Bonchev–Trinajstić information content (AvgIpc) is 3.19. The summed E-state index contributed by atoms with van der Waals surface area (Å²) in [6.45, 7) is 6.26. The van der Waals surface area contributed by atoms with Gasteiger partial charge in [0, 0.05) is 43.6 Å². The van der Waals surface area contributed by atoms with E-state index in [1.165, 1.54) is 11.3 Å². The summed E-state index contributed by atoms with van der Waals surface area (Å²) in [6.07, 6.45) is 7.74. The van der Waals surface area contributed by atoms with Gasteiger partial charge >= 0.3 is 0 Å². The number of hydrogen-bond donors (Lipinski definition) is 0. The zero-order chi connectivity index (χ0) is 18.2. The smallest absolute Gasteiger partial charge is 0.223 e. The van der Waals surface area contributed by atoms with Gasteiger partial charge in [0.2, 0.25) is 5.91 Å². The monoisotopic (exact) mass is 344 g/mol. The fourth-order valence-corrected chi connectivity index (χ4v) is 3.42. The van der Waals surface area contributed by atoms with Crippen molar-refractivity contribution in [3.8, 4) is 0 Å². The highest BCUT2D eigenvalue weighted by atomic mass is 16.4. The van der Waals surface area contributed by atoms with Gasteiger partial charge in [-0.2, -0.15) is 5.10 Å². The molecule has 6 nitrogen and oxygen atoms in total. The van der Waals surface area contributed by atoms with Crippen LogP contribution in [-0.4, -0.2) is 32.6 Å². The highest BCUT2D eigenvalue weighted by Crippen LogP contribution is 2.33. The Morgan fingerprint density at radius 2 is 2.16 bits per heavy atom. The lowest BCUT2D eigenvalue weighted by Gasteiger charge is -2.31. The molecule has 0 fully saturated rings. The average molecular weight is 344 g/mol. The molecule has 0 spiro atoms. The van der Waals surface area contributed by atoms with E-state index in [9.17, 15) is 4.79 Å². The summed E-state index contributed by atoms with van der Waals surface area (Å²) in [5, 5.41) is 4.36. The lowest BCUT2D eigenvalue weighted by atomic mass is 9.92. The summed E-state index contributed by atoms with van der Waals surface area (Å²) in [5.74, 6) is 1.62. The van der Waals surface area contributed by atoms with Crippen molar-refractivity contribution in [3.05, 3.63) is 35.3 Å². The zero-order valence-electron chi connectivity index (χ0n) is 15.9. The van der Waals surface area contributed by atoms with Crippen LogP contribution in [0.1, 0.15) is 69.0 Å². The maximum absolute atomic E-state index is 12.7. The van der Waals surface area contributed by atoms with Crippen LogP contribution in [0.15, 0.2) is 16.8 Å². The van der Waals surface area contributed by atoms with Crippen LogP contribution in [0.5, 0.6) is 0 Å². The molecule has 0 saturated heterocycles. The van der Waals surface area contributed by atoms with Gasteiger partial charge in [-0.3, -0.25) is 9.48 Å². The van der Waals surface area contributed by atoms with Gasteiger partial charge in [-0.1, -0.05) is 20.8 Å². The van der Waals surface area contributed by atoms with Crippen molar-refractivity contribution < 1.29 is 9.21 Å². The molecule has 6 heteroatoms. The number of carbonyl (C=O) groups is 1. The second-order valence-electron chi connectivity index (χ2n) is 7.95. The van der Waals surface area contributed by atoms with Gasteiger partial charge < -0.3 is 9.32 Å². The Balaban J connectivity index is 1.63. The molecule has 0 bridgehead atoms. The number of aryl methyl sites for hydroxylation is 2. The number of fused-ring (bicyclic) bond motifs is 1. The molecule has 0 aliphatic heterocycles. The first-order valence-electron chi connectivity index (χ1n) is 8.99. The molecule has 1 amide bonds. The van der Waals surface area contributed by atoms with Crippen LogP contribution < -0.4 is 0 Å². The summed E-state index contributed by atoms with van der Waals surface area (Å²) in [7, 11) is 3.86. The van der Waals surface area contributed by atoms with Gasteiger partial charge in [0.05, 0.1) is 18.4 Å². The summed E-state index contributed by atoms with van der Waals surface area (Å²) in [4.78, 5) is 18.8. The predicted octanol–water partition coefficient (Wildman–Crippen LogP) is 3.17. The molecule has 2 heterocycles. The molecule has 2 aromatic rings. The molecule has 0 unspecified atom stereocenters. The predicted molar refractivity (Wildman–Crippen MR) is 95.2 cm³/mol. The van der Waals surface area contributed by atoms with E-state index in [2.05, 4.69) is 30.9 Å². The minimum Gasteiger partial charge on any atom is -0.445 e. The molecule has 0 N–H and O–H groups in total. The van der Waals surface area contributed by atoms with E-state index in [0.29, 0.717) is 18.7 Å². The van der Waals surface area contributed by atoms with Crippen LogP contribution in [0.2, 0.25) is 0 Å². The standard InChI is InChI=1S/C19H28N4O2/c1-19(2,3)16-12-20-17(25-16)9-10-18(24)22(4)14-7-6-8-15-13(14)11-21-23(15)5/h11-12,14H,6-10H2,1-5H3/t14-/m0/s1. The number of rotatable bonds is 4. The Bertz CT molecular complexity index is 754. The second-order valence-corrected chi connectivity index (χ2v) is 7.95. The number of nitrogens with zero attached hydrogens (tertiary/aromatic N) is 4. The van der Waals surface area contributed by atoms with Crippen molar-refractivity contribution in [2.75, 3.05) is 7.05 Å². The van der Waals surface area contributed by atoms with Crippen LogP contribution >= 0.6 is 0 Å². The summed E-state index contributed by atoms with van der Waals surface area (Å²) in [5.41, 5.74) is 2.37. The quantitative estimate of drug-likeness (QED) is 0.854. The van der Waals surface area contributed by atoms with Crippen molar-refractivity contribution in [3.63, 3.8) is 0 Å². The largest absolute Gasteiger partial charge is 0.445 e. The zero-order valence-corrected chi connectivity index (χ0v) is 15.9. The van der Waals surface area contributed by atoms with E-state index in [1.807, 2.05) is 29.9 Å². The summed E-state index contributed by atoms with van der Waals surface area (Å²) >= 11 is 0. The number of carbonyl (C=O) groups excluding carboxylic acids is 1. The molecular formula is C19H28N4O2. The molecule has 0 saturated carbocycles. The first-order chi connectivity index (χ1) is 11.8. The number of aromatic nitrogens is 3. The lowest BCUT2D eigenvalue weighted by molar-refractivity contribution is -0.132. The summed E-state index contributed by atoms with van der Waals surface area (Å²) < 4.78 is 7.72. The Kier molecular flexibility index (Phi) is 4.71. The van der Waals surface area contributed by atoms with E-state index in [1.54, 1.807) is 6.20 Å². The second kappa shape index (κ2) is 6.65. The van der Waals surface area contributed by atoms with E-state index in [4.69, 9.17) is 4.42 Å². The van der Waals surface area contributed by atoms with E-state index < -0.39 is 0 Å². The van der Waals surface area contributed by atoms with Gasteiger partial charge in [-0.25, -0.2) is 4.98 Å². The van der Waals surface area contributed by atoms with Crippen LogP contribution in [0.25, 0.3) is 0 Å². The minimum absolute atomic E-state index is 0.0646. The van der Waals surface area contributed by atoms with E-state index >= 15 is 0 Å². The molecule has 1 aliphatic carbocycles. The van der Waals surface area contributed by atoms with Gasteiger partial charge in [-0.05, 0) is 19.3 Å². The van der Waals surface area contributed by atoms with Crippen LogP contribution in [0, 0.1) is 0 Å². The van der Waals surface area contributed by atoms with E-state index in [0.717, 1.165) is 25.0 Å². The van der Waals surface area contributed by atoms with Crippen molar-refractivity contribution >= 4 is 5.91 Å². The molecule has 3 rings (SSSR count). The Hall–Kier alpha value is -2.11. The number of oxazole rings is 1. The Morgan fingerprint density at radius 3 is 2.84 bits per heavy atom. The SMILES string of the molecule is CN(C(=O)CCc1ncc(C(C)(C)C)o1)[C@H]1CCCc2c1cnn2C. The molecule has 1 aliphatic rings. The van der Waals surface area contributed by atoms with Gasteiger partial charge in [0.1, 0.15) is 5.76 Å². The lowest BCUT2D eigenvalue weighted by Crippen LogP contribution is -2.33. The first-order valence-corrected chi connectivity index (χ1v) is 8.99. The highest BCUT2D eigenvalue weighted by molar-refractivity contribution is 5.76. The number of amides is 1. The maximum atomic E-state index is 12.7. The molecule has 0 aromatic carbocycles. The Labute approximate surface area is 149 Å². The van der Waals surface area contributed by atoms with E-state index in [-0.39, 0.29) is 17.4 Å². The van der Waals surface area contributed by atoms with Crippen molar-refractivity contribution in [2.45, 2.75) is 64.3 Å². The minimum atomic E-state index is -0.0646. The van der Waals surface area contributed by atoms with Crippen LogP contribution in [-0.2, 0) is 30.1 Å². The van der Waals surface area contributed by atoms with Gasteiger partial charge in [0.15, 0.2) is 5.89 Å². The third kappa shape index (κ3) is 3.62. The third-order valence-corrected chi connectivity index (χ3v) is 5.05. The normalized spacial score (nSPS) is 17.4. The first kappa shape index (κ1) is 17.7. The molecule has 1 atom stereocenters. The Morgan fingerprint density at radius 1 is 1.40 bits per heavy atom. The molecule has 136 valence electrons. The molecule has 2 aromatic heterocycles. The van der Waals surface area contributed by atoms with Gasteiger partial charge in [0.25, 0.3) is 0 Å². The van der Waals surface area contributed by atoms with Crippen molar-refractivity contribution in [2.24, 2.45) is 7.05 Å². The van der Waals surface area contributed by atoms with Crippen molar-refractivity contribution in [1.82, 2.24) is 19.7 Å².